The van der Waals surface area contributed by atoms with Crippen LogP contribution in [0.25, 0.3) is 0 Å². The molecule has 0 bridgehead atoms. The Labute approximate surface area is 115 Å². The lowest BCUT2D eigenvalue weighted by Crippen LogP contribution is -2.41. The first-order valence-corrected chi connectivity index (χ1v) is 7.31. The van der Waals surface area contributed by atoms with Crippen LogP contribution in [-0.4, -0.2) is 23.5 Å². The van der Waals surface area contributed by atoms with Gasteiger partial charge in [-0.2, -0.15) is 5.26 Å². The third-order valence-corrected chi connectivity index (χ3v) is 4.38. The molecule has 2 aliphatic rings. The maximum absolute atomic E-state index is 9.34. The van der Waals surface area contributed by atoms with Crippen LogP contribution in [0.5, 0.6) is 0 Å². The minimum absolute atomic E-state index is 0.151. The number of benzene rings is 1. The molecular weight excluding hydrogens is 234 g/mol. The molecule has 0 amide bonds. The van der Waals surface area contributed by atoms with Crippen molar-refractivity contribution >= 4 is 0 Å². The molecule has 3 rings (SSSR count). The van der Waals surface area contributed by atoms with Gasteiger partial charge < -0.3 is 5.73 Å². The van der Waals surface area contributed by atoms with E-state index in [1.165, 1.54) is 25.7 Å². The summed E-state index contributed by atoms with van der Waals surface area (Å²) < 4.78 is 0. The van der Waals surface area contributed by atoms with Gasteiger partial charge in [0, 0.05) is 12.1 Å². The van der Waals surface area contributed by atoms with Gasteiger partial charge in [0.2, 0.25) is 0 Å². The molecule has 1 saturated carbocycles. The summed E-state index contributed by atoms with van der Waals surface area (Å²) in [4.78, 5) is 2.56. The maximum atomic E-state index is 9.34. The molecular formula is C16H21N3. The quantitative estimate of drug-likeness (QED) is 0.883. The lowest BCUT2D eigenvalue weighted by molar-refractivity contribution is 0.175. The molecule has 1 aromatic carbocycles. The topological polar surface area (TPSA) is 53.1 Å². The highest BCUT2D eigenvalue weighted by molar-refractivity contribution is 5.40. The third-order valence-electron chi connectivity index (χ3n) is 4.38. The molecule has 2 unspecified atom stereocenters. The monoisotopic (exact) mass is 255 g/mol. The summed E-state index contributed by atoms with van der Waals surface area (Å²) in [5.41, 5.74) is 8.36. The fourth-order valence-corrected chi connectivity index (χ4v) is 3.30. The zero-order valence-corrected chi connectivity index (χ0v) is 11.3. The lowest BCUT2D eigenvalue weighted by atomic mass is 9.92. The first-order valence-electron chi connectivity index (χ1n) is 7.31. The van der Waals surface area contributed by atoms with Crippen molar-refractivity contribution in [3.05, 3.63) is 35.4 Å². The Morgan fingerprint density at radius 1 is 1.16 bits per heavy atom. The van der Waals surface area contributed by atoms with Gasteiger partial charge >= 0.3 is 0 Å². The van der Waals surface area contributed by atoms with Crippen LogP contribution in [0.15, 0.2) is 24.3 Å². The van der Waals surface area contributed by atoms with Gasteiger partial charge in [-0.1, -0.05) is 24.6 Å². The van der Waals surface area contributed by atoms with E-state index in [-0.39, 0.29) is 12.1 Å². The third kappa shape index (κ3) is 2.51. The van der Waals surface area contributed by atoms with Crippen molar-refractivity contribution in [2.24, 2.45) is 5.73 Å². The Morgan fingerprint density at radius 2 is 1.95 bits per heavy atom. The van der Waals surface area contributed by atoms with E-state index in [0.717, 1.165) is 24.1 Å². The van der Waals surface area contributed by atoms with Gasteiger partial charge in [-0.05, 0) is 43.9 Å². The fourth-order valence-electron chi connectivity index (χ4n) is 3.30. The van der Waals surface area contributed by atoms with Crippen molar-refractivity contribution in [3.63, 3.8) is 0 Å². The van der Waals surface area contributed by atoms with E-state index >= 15 is 0 Å². The summed E-state index contributed by atoms with van der Waals surface area (Å²) >= 11 is 0. The molecule has 0 radical (unpaired) electrons. The molecule has 19 heavy (non-hydrogen) atoms. The average molecular weight is 255 g/mol. The number of likely N-dealkylation sites (tertiary alicyclic amines) is 1. The number of rotatable bonds is 2. The van der Waals surface area contributed by atoms with Crippen LogP contribution in [0.4, 0.5) is 0 Å². The highest BCUT2D eigenvalue weighted by Gasteiger charge is 2.38. The molecule has 2 atom stereocenters. The number of hydrogen-bond donors (Lipinski definition) is 1. The molecule has 1 aromatic rings. The van der Waals surface area contributed by atoms with Gasteiger partial charge in [-0.15, -0.1) is 0 Å². The Hall–Kier alpha value is -1.37. The van der Waals surface area contributed by atoms with E-state index in [0.29, 0.717) is 6.04 Å². The Kier molecular flexibility index (Phi) is 3.54. The van der Waals surface area contributed by atoms with E-state index in [2.05, 4.69) is 17.0 Å². The first-order chi connectivity index (χ1) is 9.31. The molecule has 2 N–H and O–H groups in total. The minimum atomic E-state index is 0.151. The highest BCUT2D eigenvalue weighted by atomic mass is 15.2. The van der Waals surface area contributed by atoms with Crippen LogP contribution in [0.3, 0.4) is 0 Å². The van der Waals surface area contributed by atoms with E-state index in [9.17, 15) is 5.26 Å². The van der Waals surface area contributed by atoms with Crippen LogP contribution in [-0.2, 0) is 0 Å². The molecule has 2 fully saturated rings. The zero-order valence-electron chi connectivity index (χ0n) is 11.3. The van der Waals surface area contributed by atoms with Crippen LogP contribution in [0, 0.1) is 11.3 Å². The Balaban J connectivity index is 1.99. The summed E-state index contributed by atoms with van der Waals surface area (Å²) in [7, 11) is 0. The normalized spacial score (nSPS) is 28.6. The van der Waals surface area contributed by atoms with E-state index < -0.39 is 0 Å². The predicted octanol–water partition coefficient (Wildman–Crippen LogP) is 2.57. The summed E-state index contributed by atoms with van der Waals surface area (Å²) in [6.07, 6.45) is 6.08. The van der Waals surface area contributed by atoms with Gasteiger partial charge in [0.05, 0.1) is 17.7 Å². The van der Waals surface area contributed by atoms with Crippen molar-refractivity contribution in [2.45, 2.75) is 50.2 Å². The minimum Gasteiger partial charge on any atom is -0.326 e. The van der Waals surface area contributed by atoms with Crippen LogP contribution in [0.2, 0.25) is 0 Å². The van der Waals surface area contributed by atoms with Crippen molar-refractivity contribution in [1.82, 2.24) is 4.90 Å². The molecule has 100 valence electrons. The number of nitriles is 1. The Bertz CT molecular complexity index is 487. The standard InChI is InChI=1S/C16H21N3/c17-11-12-5-1-2-6-14(12)16-15(18)7-3-4-10-19(16)13-8-9-13/h1-2,5-6,13,15-16H,3-4,7-10,18H2. The lowest BCUT2D eigenvalue weighted by Gasteiger charge is -2.34. The second-order valence-electron chi connectivity index (χ2n) is 5.77. The molecule has 1 heterocycles. The van der Waals surface area contributed by atoms with Crippen LogP contribution in [0.1, 0.15) is 49.3 Å². The summed E-state index contributed by atoms with van der Waals surface area (Å²) in [5, 5.41) is 9.34. The highest BCUT2D eigenvalue weighted by Crippen LogP contribution is 2.39. The number of nitrogens with two attached hydrogens (primary N) is 1. The summed E-state index contributed by atoms with van der Waals surface area (Å²) in [6, 6.07) is 11.4. The smallest absolute Gasteiger partial charge is 0.0995 e. The fraction of sp³-hybridized carbons (Fsp3) is 0.562. The molecule has 3 heteroatoms. The number of hydrogen-bond acceptors (Lipinski definition) is 3. The van der Waals surface area contributed by atoms with E-state index in [4.69, 9.17) is 5.73 Å². The van der Waals surface area contributed by atoms with E-state index in [1.54, 1.807) is 0 Å². The van der Waals surface area contributed by atoms with Gasteiger partial charge in [0.1, 0.15) is 0 Å². The largest absolute Gasteiger partial charge is 0.326 e. The van der Waals surface area contributed by atoms with Crippen molar-refractivity contribution in [1.29, 1.82) is 5.26 Å². The second kappa shape index (κ2) is 5.32. The average Bonchev–Trinajstić information content (AvgIpc) is 3.26. The summed E-state index contributed by atoms with van der Waals surface area (Å²) in [6.45, 7) is 1.13. The number of nitrogens with zero attached hydrogens (tertiary/aromatic N) is 2. The Morgan fingerprint density at radius 3 is 2.68 bits per heavy atom. The van der Waals surface area contributed by atoms with Gasteiger partial charge in [-0.3, -0.25) is 4.90 Å². The molecule has 1 aliphatic heterocycles. The van der Waals surface area contributed by atoms with E-state index in [1.807, 2.05) is 18.2 Å². The molecule has 1 saturated heterocycles. The van der Waals surface area contributed by atoms with Crippen molar-refractivity contribution in [2.75, 3.05) is 6.54 Å². The SMILES string of the molecule is N#Cc1ccccc1C1C(N)CCCCN1C1CC1. The molecule has 1 aliphatic carbocycles. The van der Waals surface area contributed by atoms with Crippen molar-refractivity contribution in [3.8, 4) is 6.07 Å². The van der Waals surface area contributed by atoms with Gasteiger partial charge in [-0.25, -0.2) is 0 Å². The van der Waals surface area contributed by atoms with Gasteiger partial charge in [0.15, 0.2) is 0 Å². The predicted molar refractivity (Wildman–Crippen MR) is 75.5 cm³/mol. The molecule has 3 nitrogen and oxygen atoms in total. The van der Waals surface area contributed by atoms with Crippen molar-refractivity contribution < 1.29 is 0 Å². The maximum Gasteiger partial charge on any atom is 0.0995 e. The second-order valence-corrected chi connectivity index (χ2v) is 5.77. The summed E-state index contributed by atoms with van der Waals surface area (Å²) in [5.74, 6) is 0. The van der Waals surface area contributed by atoms with Crippen LogP contribution < -0.4 is 5.73 Å². The zero-order chi connectivity index (χ0) is 13.2. The first kappa shape index (κ1) is 12.7. The van der Waals surface area contributed by atoms with Gasteiger partial charge in [0.25, 0.3) is 0 Å². The van der Waals surface area contributed by atoms with Crippen LogP contribution >= 0.6 is 0 Å². The molecule has 0 spiro atoms. The molecule has 0 aromatic heterocycles.